The molecule has 5 nitrogen and oxygen atoms in total. The van der Waals surface area contributed by atoms with Gasteiger partial charge in [0.1, 0.15) is 11.5 Å². The van der Waals surface area contributed by atoms with Crippen molar-refractivity contribution in [2.24, 2.45) is 0 Å². The standard InChI is InChI=1S/C16H16N2O3/c1-2-12(1)18-8-11-5-6-17-9-16(11)21-13-3-4-14-15(7-13)20-10-19-14/h3-7,9,12,18H,1-2,8,10H2. The maximum absolute atomic E-state index is 5.95. The summed E-state index contributed by atoms with van der Waals surface area (Å²) < 4.78 is 16.6. The van der Waals surface area contributed by atoms with Crippen LogP contribution in [0.4, 0.5) is 0 Å². The Morgan fingerprint density at radius 3 is 3.00 bits per heavy atom. The maximum Gasteiger partial charge on any atom is 0.231 e. The summed E-state index contributed by atoms with van der Waals surface area (Å²) in [6, 6.07) is 8.22. The largest absolute Gasteiger partial charge is 0.455 e. The highest BCUT2D eigenvalue weighted by Gasteiger charge is 2.21. The molecule has 21 heavy (non-hydrogen) atoms. The van der Waals surface area contributed by atoms with Gasteiger partial charge >= 0.3 is 0 Å². The van der Waals surface area contributed by atoms with Crippen LogP contribution >= 0.6 is 0 Å². The Labute approximate surface area is 122 Å². The molecule has 1 aromatic carbocycles. The normalized spacial score (nSPS) is 16.0. The fourth-order valence-corrected chi connectivity index (χ4v) is 2.26. The highest BCUT2D eigenvalue weighted by molar-refractivity contribution is 5.48. The second kappa shape index (κ2) is 5.26. The minimum atomic E-state index is 0.266. The van der Waals surface area contributed by atoms with Crippen LogP contribution in [0.5, 0.6) is 23.0 Å². The van der Waals surface area contributed by atoms with Gasteiger partial charge in [-0.05, 0) is 31.0 Å². The van der Waals surface area contributed by atoms with Crippen LogP contribution in [-0.4, -0.2) is 17.8 Å². The predicted octanol–water partition coefficient (Wildman–Crippen LogP) is 2.85. The lowest BCUT2D eigenvalue weighted by molar-refractivity contribution is 0.174. The number of nitrogens with one attached hydrogen (secondary N) is 1. The van der Waals surface area contributed by atoms with E-state index in [-0.39, 0.29) is 6.79 Å². The Kier molecular flexibility index (Phi) is 3.12. The number of rotatable bonds is 5. The van der Waals surface area contributed by atoms with E-state index < -0.39 is 0 Å². The van der Waals surface area contributed by atoms with Crippen molar-refractivity contribution in [1.29, 1.82) is 0 Å². The Hall–Kier alpha value is -2.27. The molecule has 1 fully saturated rings. The summed E-state index contributed by atoms with van der Waals surface area (Å²) in [5, 5.41) is 3.49. The van der Waals surface area contributed by atoms with Crippen LogP contribution in [-0.2, 0) is 6.54 Å². The molecule has 4 rings (SSSR count). The first-order valence-corrected chi connectivity index (χ1v) is 7.12. The number of fused-ring (bicyclic) bond motifs is 1. The molecule has 108 valence electrons. The lowest BCUT2D eigenvalue weighted by Crippen LogP contribution is -2.15. The zero-order valence-electron chi connectivity index (χ0n) is 11.5. The number of benzene rings is 1. The van der Waals surface area contributed by atoms with E-state index in [1.54, 1.807) is 12.4 Å². The fourth-order valence-electron chi connectivity index (χ4n) is 2.26. The monoisotopic (exact) mass is 284 g/mol. The molecule has 1 N–H and O–H groups in total. The van der Waals surface area contributed by atoms with Gasteiger partial charge in [-0.3, -0.25) is 4.98 Å². The molecule has 1 aromatic heterocycles. The number of nitrogens with zero attached hydrogens (tertiary/aromatic N) is 1. The van der Waals surface area contributed by atoms with Gasteiger partial charge < -0.3 is 19.5 Å². The Bertz CT molecular complexity index is 656. The van der Waals surface area contributed by atoms with Crippen LogP contribution in [0.15, 0.2) is 36.7 Å². The van der Waals surface area contributed by atoms with E-state index >= 15 is 0 Å². The summed E-state index contributed by atoms with van der Waals surface area (Å²) in [5.74, 6) is 2.96. The molecule has 0 spiro atoms. The Balaban J connectivity index is 1.53. The van der Waals surface area contributed by atoms with Gasteiger partial charge in [0.15, 0.2) is 11.5 Å². The van der Waals surface area contributed by atoms with E-state index in [1.807, 2.05) is 24.3 Å². The Morgan fingerprint density at radius 2 is 2.10 bits per heavy atom. The molecule has 0 amide bonds. The molecule has 2 aromatic rings. The second-order valence-corrected chi connectivity index (χ2v) is 5.26. The maximum atomic E-state index is 5.95. The van der Waals surface area contributed by atoms with Crippen LogP contribution in [0.3, 0.4) is 0 Å². The third-order valence-electron chi connectivity index (χ3n) is 3.60. The summed E-state index contributed by atoms with van der Waals surface area (Å²) in [6.07, 6.45) is 6.07. The average molecular weight is 284 g/mol. The lowest BCUT2D eigenvalue weighted by atomic mass is 10.2. The van der Waals surface area contributed by atoms with E-state index in [2.05, 4.69) is 10.3 Å². The molecule has 0 atom stereocenters. The molecule has 0 saturated heterocycles. The highest BCUT2D eigenvalue weighted by atomic mass is 16.7. The van der Waals surface area contributed by atoms with Gasteiger partial charge in [-0.1, -0.05) is 0 Å². The minimum absolute atomic E-state index is 0.266. The van der Waals surface area contributed by atoms with E-state index in [0.717, 1.165) is 29.4 Å². The first-order chi connectivity index (χ1) is 10.4. The van der Waals surface area contributed by atoms with Gasteiger partial charge in [-0.2, -0.15) is 0 Å². The average Bonchev–Trinajstić information content (AvgIpc) is 3.22. The number of ether oxygens (including phenoxy) is 3. The fraction of sp³-hybridized carbons (Fsp3) is 0.312. The van der Waals surface area contributed by atoms with Crippen molar-refractivity contribution >= 4 is 0 Å². The first kappa shape index (κ1) is 12.5. The molecule has 1 aliphatic heterocycles. The van der Waals surface area contributed by atoms with Gasteiger partial charge in [-0.25, -0.2) is 0 Å². The van der Waals surface area contributed by atoms with Gasteiger partial charge in [0.2, 0.25) is 6.79 Å². The number of pyridine rings is 1. The van der Waals surface area contributed by atoms with E-state index in [4.69, 9.17) is 14.2 Å². The van der Waals surface area contributed by atoms with Crippen molar-refractivity contribution in [2.45, 2.75) is 25.4 Å². The molecule has 2 heterocycles. The van der Waals surface area contributed by atoms with Gasteiger partial charge in [-0.15, -0.1) is 0 Å². The Morgan fingerprint density at radius 1 is 1.19 bits per heavy atom. The quantitative estimate of drug-likeness (QED) is 0.915. The van der Waals surface area contributed by atoms with Crippen molar-refractivity contribution < 1.29 is 14.2 Å². The zero-order chi connectivity index (χ0) is 14.1. The second-order valence-electron chi connectivity index (χ2n) is 5.26. The topological polar surface area (TPSA) is 52.6 Å². The van der Waals surface area contributed by atoms with Crippen LogP contribution in [0.2, 0.25) is 0 Å². The predicted molar refractivity (Wildman–Crippen MR) is 76.7 cm³/mol. The summed E-state index contributed by atoms with van der Waals surface area (Å²) in [5.41, 5.74) is 1.11. The van der Waals surface area contributed by atoms with E-state index in [9.17, 15) is 0 Å². The molecule has 1 saturated carbocycles. The third-order valence-corrected chi connectivity index (χ3v) is 3.60. The number of aromatic nitrogens is 1. The van der Waals surface area contributed by atoms with Crippen molar-refractivity contribution in [3.8, 4) is 23.0 Å². The lowest BCUT2D eigenvalue weighted by Gasteiger charge is -2.11. The van der Waals surface area contributed by atoms with Crippen molar-refractivity contribution in [2.75, 3.05) is 6.79 Å². The van der Waals surface area contributed by atoms with E-state index in [0.29, 0.717) is 11.8 Å². The first-order valence-electron chi connectivity index (χ1n) is 7.12. The SMILES string of the molecule is c1cc(CNC2CC2)c(Oc2ccc3c(c2)OCO3)cn1. The van der Waals surface area contributed by atoms with Crippen molar-refractivity contribution in [3.05, 3.63) is 42.2 Å². The van der Waals surface area contributed by atoms with Crippen molar-refractivity contribution in [3.63, 3.8) is 0 Å². The summed E-state index contributed by atoms with van der Waals surface area (Å²) in [6.45, 7) is 1.06. The minimum Gasteiger partial charge on any atom is -0.455 e. The molecule has 2 aliphatic rings. The van der Waals surface area contributed by atoms with Crippen molar-refractivity contribution in [1.82, 2.24) is 10.3 Å². The third kappa shape index (κ3) is 2.78. The molecule has 0 bridgehead atoms. The molecule has 0 unspecified atom stereocenters. The molecule has 1 aliphatic carbocycles. The summed E-state index contributed by atoms with van der Waals surface area (Å²) in [4.78, 5) is 4.15. The van der Waals surface area contributed by atoms with Gasteiger partial charge in [0.05, 0.1) is 6.20 Å². The zero-order valence-corrected chi connectivity index (χ0v) is 11.5. The van der Waals surface area contributed by atoms with Crippen LogP contribution in [0.25, 0.3) is 0 Å². The van der Waals surface area contributed by atoms with Crippen LogP contribution < -0.4 is 19.5 Å². The summed E-state index contributed by atoms with van der Waals surface area (Å²) >= 11 is 0. The molecular weight excluding hydrogens is 268 g/mol. The summed E-state index contributed by atoms with van der Waals surface area (Å²) in [7, 11) is 0. The highest BCUT2D eigenvalue weighted by Crippen LogP contribution is 2.37. The molecular formula is C16H16N2O3. The smallest absolute Gasteiger partial charge is 0.231 e. The molecule has 0 radical (unpaired) electrons. The number of hydrogen-bond donors (Lipinski definition) is 1. The van der Waals surface area contributed by atoms with Gasteiger partial charge in [0.25, 0.3) is 0 Å². The van der Waals surface area contributed by atoms with Gasteiger partial charge in [0, 0.05) is 30.4 Å². The van der Waals surface area contributed by atoms with E-state index in [1.165, 1.54) is 12.8 Å². The van der Waals surface area contributed by atoms with Crippen LogP contribution in [0.1, 0.15) is 18.4 Å². The van der Waals surface area contributed by atoms with Crippen LogP contribution in [0, 0.1) is 0 Å². The number of hydrogen-bond acceptors (Lipinski definition) is 5. The molecule has 5 heteroatoms.